The monoisotopic (exact) mass is 579 g/mol. The van der Waals surface area contributed by atoms with Crippen LogP contribution in [0.15, 0.2) is 47.4 Å². The van der Waals surface area contributed by atoms with Crippen molar-refractivity contribution in [2.75, 3.05) is 50.0 Å². The number of sulfonamides is 2. The molecule has 2 aromatic carbocycles. The number of rotatable bonds is 10. The number of nitrogens with one attached hydrogen (secondary N) is 1. The van der Waals surface area contributed by atoms with E-state index in [1.807, 2.05) is 0 Å². The van der Waals surface area contributed by atoms with Gasteiger partial charge < -0.3 is 14.8 Å². The minimum Gasteiger partial charge on any atom is -0.492 e. The van der Waals surface area contributed by atoms with Crippen molar-refractivity contribution in [3.63, 3.8) is 0 Å². The van der Waals surface area contributed by atoms with E-state index >= 15 is 0 Å². The lowest BCUT2D eigenvalue weighted by molar-refractivity contribution is -0.121. The molecule has 3 rings (SSSR count). The van der Waals surface area contributed by atoms with E-state index < -0.39 is 32.0 Å². The zero-order chi connectivity index (χ0) is 26.5. The third-order valence-corrected chi connectivity index (χ3v) is 9.03. The van der Waals surface area contributed by atoms with Crippen molar-refractivity contribution in [2.24, 2.45) is 0 Å². The Kier molecular flexibility index (Phi) is 9.47. The summed E-state index contributed by atoms with van der Waals surface area (Å²) in [5, 5.41) is 3.03. The van der Waals surface area contributed by atoms with Crippen LogP contribution in [0.4, 0.5) is 5.69 Å². The van der Waals surface area contributed by atoms with Crippen LogP contribution in [0.2, 0.25) is 10.0 Å². The molecule has 2 aromatic rings. The molecular formula is C22H27Cl2N3O7S2. The predicted octanol–water partition coefficient (Wildman–Crippen LogP) is 2.36. The van der Waals surface area contributed by atoms with Gasteiger partial charge in [0.25, 0.3) is 0 Å². The third-order valence-electron chi connectivity index (χ3n) is 5.34. The fourth-order valence-corrected chi connectivity index (χ4v) is 6.58. The number of morpholine rings is 1. The maximum Gasteiger partial charge on any atom is 0.243 e. The van der Waals surface area contributed by atoms with Gasteiger partial charge >= 0.3 is 0 Å². The number of nitrogens with zero attached hydrogens (tertiary/aromatic N) is 2. The smallest absolute Gasteiger partial charge is 0.243 e. The molecule has 0 aliphatic carbocycles. The van der Waals surface area contributed by atoms with Crippen molar-refractivity contribution in [1.82, 2.24) is 9.62 Å². The van der Waals surface area contributed by atoms with E-state index in [0.29, 0.717) is 32.1 Å². The molecule has 198 valence electrons. The maximum absolute atomic E-state index is 12.7. The summed E-state index contributed by atoms with van der Waals surface area (Å²) in [5.74, 6) is -0.145. The fraction of sp³-hybridized carbons (Fsp3) is 0.409. The summed E-state index contributed by atoms with van der Waals surface area (Å²) in [5.41, 5.74) is 0.0951. The lowest BCUT2D eigenvalue weighted by Crippen LogP contribution is -2.48. The summed E-state index contributed by atoms with van der Waals surface area (Å²) in [6, 6.07) is 9.21. The van der Waals surface area contributed by atoms with E-state index in [1.165, 1.54) is 53.7 Å². The quantitative estimate of drug-likeness (QED) is 0.428. The van der Waals surface area contributed by atoms with Crippen molar-refractivity contribution in [1.29, 1.82) is 0 Å². The number of hydrogen-bond acceptors (Lipinski definition) is 7. The number of carbonyl (C=O) groups excluding carboxylic acids is 1. The Labute approximate surface area is 221 Å². The molecular weight excluding hydrogens is 553 g/mol. The fourth-order valence-electron chi connectivity index (χ4n) is 3.57. The highest BCUT2D eigenvalue weighted by Gasteiger charge is 2.31. The van der Waals surface area contributed by atoms with Gasteiger partial charge in [-0.1, -0.05) is 23.2 Å². The SMILES string of the molecule is CC(C(=O)NCCOc1ccc(S(=O)(=O)N2CCOCC2)cc1)N(c1cc(Cl)ccc1Cl)S(C)(=O)=O. The highest BCUT2D eigenvalue weighted by Crippen LogP contribution is 2.32. The van der Waals surface area contributed by atoms with Crippen LogP contribution in [0, 0.1) is 0 Å². The lowest BCUT2D eigenvalue weighted by atomic mass is 10.2. The van der Waals surface area contributed by atoms with Crippen LogP contribution in [0.1, 0.15) is 6.92 Å². The molecule has 1 atom stereocenters. The molecule has 1 fully saturated rings. The van der Waals surface area contributed by atoms with Gasteiger partial charge in [0.1, 0.15) is 18.4 Å². The van der Waals surface area contributed by atoms with E-state index in [2.05, 4.69) is 5.32 Å². The van der Waals surface area contributed by atoms with E-state index in [0.717, 1.165) is 10.6 Å². The van der Waals surface area contributed by atoms with Gasteiger partial charge in [0.05, 0.1) is 41.6 Å². The van der Waals surface area contributed by atoms with Crippen LogP contribution >= 0.6 is 23.2 Å². The van der Waals surface area contributed by atoms with E-state index in [1.54, 1.807) is 0 Å². The molecule has 1 aliphatic heterocycles. The zero-order valence-electron chi connectivity index (χ0n) is 19.7. The first-order valence-electron chi connectivity index (χ1n) is 10.9. The van der Waals surface area contributed by atoms with Gasteiger partial charge in [-0.3, -0.25) is 9.10 Å². The summed E-state index contributed by atoms with van der Waals surface area (Å²) >= 11 is 12.2. The van der Waals surface area contributed by atoms with Crippen molar-refractivity contribution in [3.8, 4) is 5.75 Å². The maximum atomic E-state index is 12.7. The Balaban J connectivity index is 1.56. The van der Waals surface area contributed by atoms with Crippen LogP contribution in [-0.2, 0) is 29.6 Å². The van der Waals surface area contributed by atoms with Gasteiger partial charge in [-0.25, -0.2) is 16.8 Å². The van der Waals surface area contributed by atoms with Gasteiger partial charge in [-0.05, 0) is 49.4 Å². The van der Waals surface area contributed by atoms with Gasteiger partial charge in [0.2, 0.25) is 26.0 Å². The third kappa shape index (κ3) is 7.02. The molecule has 0 spiro atoms. The van der Waals surface area contributed by atoms with Gasteiger partial charge in [-0.2, -0.15) is 4.31 Å². The summed E-state index contributed by atoms with van der Waals surface area (Å²) < 4.78 is 63.3. The van der Waals surface area contributed by atoms with Crippen LogP contribution in [0.3, 0.4) is 0 Å². The highest BCUT2D eigenvalue weighted by atomic mass is 35.5. The van der Waals surface area contributed by atoms with Crippen molar-refractivity contribution in [3.05, 3.63) is 52.5 Å². The zero-order valence-corrected chi connectivity index (χ0v) is 22.8. The second-order valence-electron chi connectivity index (χ2n) is 7.96. The van der Waals surface area contributed by atoms with Gasteiger partial charge in [0.15, 0.2) is 0 Å². The number of benzene rings is 2. The molecule has 1 amide bonds. The average molecular weight is 581 g/mol. The topological polar surface area (TPSA) is 122 Å². The van der Waals surface area contributed by atoms with E-state index in [-0.39, 0.29) is 33.8 Å². The Morgan fingerprint density at radius 1 is 1.11 bits per heavy atom. The molecule has 36 heavy (non-hydrogen) atoms. The second kappa shape index (κ2) is 12.0. The first-order chi connectivity index (χ1) is 16.9. The van der Waals surface area contributed by atoms with Crippen LogP contribution in [-0.4, -0.2) is 78.8 Å². The number of amides is 1. The number of hydrogen-bond donors (Lipinski definition) is 1. The molecule has 1 aliphatic rings. The van der Waals surface area contributed by atoms with Crippen molar-refractivity contribution >= 4 is 54.8 Å². The normalized spacial score (nSPS) is 15.8. The number of ether oxygens (including phenoxy) is 2. The minimum absolute atomic E-state index is 0.0742. The number of anilines is 1. The summed E-state index contributed by atoms with van der Waals surface area (Å²) in [6.07, 6.45) is 0.972. The molecule has 0 aromatic heterocycles. The molecule has 10 nitrogen and oxygen atoms in total. The number of halogens is 2. The first kappa shape index (κ1) is 28.5. The Bertz CT molecular complexity index is 1280. The van der Waals surface area contributed by atoms with Gasteiger partial charge in [0, 0.05) is 18.1 Å². The molecule has 0 radical (unpaired) electrons. The standard InChI is InChI=1S/C22H27Cl2N3O7S2/c1-16(27(35(2,29)30)21-15-17(23)3-8-20(21)24)22(28)25-9-12-34-18-4-6-19(7-5-18)36(31,32)26-10-13-33-14-11-26/h3-8,15-16H,9-14H2,1-2H3,(H,25,28). The molecule has 1 saturated heterocycles. The molecule has 0 bridgehead atoms. The lowest BCUT2D eigenvalue weighted by Gasteiger charge is -2.29. The largest absolute Gasteiger partial charge is 0.492 e. The number of carbonyl (C=O) groups is 1. The summed E-state index contributed by atoms with van der Waals surface area (Å²) in [4.78, 5) is 12.8. The Morgan fingerprint density at radius 2 is 1.75 bits per heavy atom. The molecule has 14 heteroatoms. The van der Waals surface area contributed by atoms with Crippen molar-refractivity contribution in [2.45, 2.75) is 17.9 Å². The first-order valence-corrected chi connectivity index (χ1v) is 15.0. The Morgan fingerprint density at radius 3 is 2.36 bits per heavy atom. The second-order valence-corrected chi connectivity index (χ2v) is 12.6. The molecule has 1 heterocycles. The highest BCUT2D eigenvalue weighted by molar-refractivity contribution is 7.92. The summed E-state index contributed by atoms with van der Waals surface area (Å²) in [7, 11) is -7.47. The molecule has 1 unspecified atom stereocenters. The van der Waals surface area contributed by atoms with Crippen LogP contribution in [0.25, 0.3) is 0 Å². The van der Waals surface area contributed by atoms with Crippen LogP contribution < -0.4 is 14.4 Å². The van der Waals surface area contributed by atoms with E-state index in [4.69, 9.17) is 32.7 Å². The van der Waals surface area contributed by atoms with Crippen LogP contribution in [0.5, 0.6) is 5.75 Å². The minimum atomic E-state index is -3.86. The average Bonchev–Trinajstić information content (AvgIpc) is 2.84. The molecule has 1 N–H and O–H groups in total. The van der Waals surface area contributed by atoms with Crippen molar-refractivity contribution < 1.29 is 31.1 Å². The van der Waals surface area contributed by atoms with Gasteiger partial charge in [-0.15, -0.1) is 0 Å². The van der Waals surface area contributed by atoms with E-state index in [9.17, 15) is 21.6 Å². The Hall–Kier alpha value is -2.09. The molecule has 0 saturated carbocycles. The summed E-state index contributed by atoms with van der Waals surface area (Å²) in [6.45, 7) is 2.92. The predicted molar refractivity (Wildman–Crippen MR) is 138 cm³/mol.